The van der Waals surface area contributed by atoms with E-state index in [4.69, 9.17) is 22.3 Å². The van der Waals surface area contributed by atoms with Gasteiger partial charge in [-0.05, 0) is 26.0 Å². The smallest absolute Gasteiger partial charge is 0.215 e. The summed E-state index contributed by atoms with van der Waals surface area (Å²) in [5.41, 5.74) is 4.13. The molecule has 1 heterocycles. The average molecular weight is 301 g/mol. The van der Waals surface area contributed by atoms with E-state index in [1.165, 1.54) is 17.0 Å². The fourth-order valence-corrected chi connectivity index (χ4v) is 2.23. The van der Waals surface area contributed by atoms with Crippen molar-refractivity contribution in [2.75, 3.05) is 14.2 Å². The van der Waals surface area contributed by atoms with Crippen LogP contribution in [0.5, 0.6) is 5.75 Å². The lowest BCUT2D eigenvalue weighted by molar-refractivity contribution is -0.403. The zero-order chi connectivity index (χ0) is 15.7. The van der Waals surface area contributed by atoms with E-state index in [1.54, 1.807) is 7.11 Å². The second kappa shape index (κ2) is 5.51. The minimum atomic E-state index is -4.92. The van der Waals surface area contributed by atoms with Crippen LogP contribution in [-0.2, 0) is 15.8 Å². The molecule has 20 heavy (non-hydrogen) atoms. The molecule has 0 saturated carbocycles. The molecule has 0 spiro atoms. The predicted molar refractivity (Wildman–Crippen MR) is 74.9 cm³/mol. The largest absolute Gasteiger partial charge is 0.726 e. The summed E-state index contributed by atoms with van der Waals surface area (Å²) in [6.07, 6.45) is 0. The Balaban J connectivity index is 0.000000347. The van der Waals surface area contributed by atoms with Crippen molar-refractivity contribution in [3.8, 4) is 5.75 Å². The fraction of sp³-hybridized carbons (Fsp3) is 0.462. The first-order chi connectivity index (χ1) is 8.98. The van der Waals surface area contributed by atoms with Gasteiger partial charge in [-0.15, -0.1) is 0 Å². The van der Waals surface area contributed by atoms with Gasteiger partial charge < -0.3 is 9.29 Å². The third kappa shape index (κ3) is 3.56. The summed E-state index contributed by atoms with van der Waals surface area (Å²) in [5.74, 6) is 0.935. The summed E-state index contributed by atoms with van der Waals surface area (Å²) < 4.78 is 40.4. The van der Waals surface area contributed by atoms with E-state index in [0.29, 0.717) is 0 Å². The third-order valence-electron chi connectivity index (χ3n) is 3.65. The molecule has 0 saturated heterocycles. The molecule has 6 nitrogen and oxygen atoms in total. The number of ether oxygens (including phenoxy) is 1. The zero-order valence-electron chi connectivity index (χ0n) is 12.2. The van der Waals surface area contributed by atoms with E-state index in [0.717, 1.165) is 5.75 Å². The Bertz CT molecular complexity index is 639. The summed E-state index contributed by atoms with van der Waals surface area (Å²) >= 11 is 0. The number of benzene rings is 1. The number of hydrogen-bond acceptors (Lipinski definition) is 4. The molecule has 0 amide bonds. The van der Waals surface area contributed by atoms with Gasteiger partial charge in [-0.25, -0.2) is 13.0 Å². The lowest BCUT2D eigenvalue weighted by atomic mass is 9.82. The minimum absolute atomic E-state index is 0.110. The van der Waals surface area contributed by atoms with E-state index in [-0.39, 0.29) is 5.41 Å². The van der Waals surface area contributed by atoms with Gasteiger partial charge in [0.15, 0.2) is 5.71 Å². The van der Waals surface area contributed by atoms with Crippen molar-refractivity contribution in [1.29, 1.82) is 0 Å². The molecule has 7 heteroatoms. The van der Waals surface area contributed by atoms with E-state index >= 15 is 0 Å². The minimum Gasteiger partial charge on any atom is -0.726 e. The normalized spacial score (nSPS) is 16.4. The Hall–Kier alpha value is -1.44. The van der Waals surface area contributed by atoms with Crippen molar-refractivity contribution >= 4 is 21.8 Å². The van der Waals surface area contributed by atoms with Crippen LogP contribution in [0.1, 0.15) is 26.3 Å². The molecule has 0 fully saturated rings. The predicted octanol–water partition coefficient (Wildman–Crippen LogP) is 1.73. The molecule has 0 unspecified atom stereocenters. The first-order valence-corrected chi connectivity index (χ1v) is 7.29. The SMILES string of the molecule is COc1ccc2c(c1)C(C)(C)C(C)=[N+]2C.O=S(=O)([O-])O. The summed E-state index contributed by atoms with van der Waals surface area (Å²) in [6, 6.07) is 6.29. The lowest BCUT2D eigenvalue weighted by Gasteiger charge is -2.15. The Kier molecular flexibility index (Phi) is 4.58. The van der Waals surface area contributed by atoms with Crippen molar-refractivity contribution < 1.29 is 26.8 Å². The maximum atomic E-state index is 8.63. The van der Waals surface area contributed by atoms with Gasteiger partial charge in [0.2, 0.25) is 16.1 Å². The quantitative estimate of drug-likeness (QED) is 0.484. The van der Waals surface area contributed by atoms with Crippen molar-refractivity contribution in [1.82, 2.24) is 0 Å². The van der Waals surface area contributed by atoms with Gasteiger partial charge in [0.25, 0.3) is 0 Å². The van der Waals surface area contributed by atoms with Crippen molar-refractivity contribution in [2.24, 2.45) is 0 Å². The molecule has 1 aliphatic heterocycles. The van der Waals surface area contributed by atoms with Crippen LogP contribution in [0.2, 0.25) is 0 Å². The highest BCUT2D eigenvalue weighted by Gasteiger charge is 2.41. The van der Waals surface area contributed by atoms with E-state index < -0.39 is 10.4 Å². The third-order valence-corrected chi connectivity index (χ3v) is 3.65. The molecular weight excluding hydrogens is 282 g/mol. The van der Waals surface area contributed by atoms with Crippen LogP contribution in [-0.4, -0.2) is 42.0 Å². The summed E-state index contributed by atoms with van der Waals surface area (Å²) in [6.45, 7) is 6.70. The van der Waals surface area contributed by atoms with E-state index in [9.17, 15) is 0 Å². The molecule has 0 aromatic heterocycles. The molecule has 0 atom stereocenters. The highest BCUT2D eigenvalue weighted by molar-refractivity contribution is 7.79. The lowest BCUT2D eigenvalue weighted by Crippen LogP contribution is -2.25. The summed E-state index contributed by atoms with van der Waals surface area (Å²) in [4.78, 5) is 0. The van der Waals surface area contributed by atoms with Crippen LogP contribution in [0.3, 0.4) is 0 Å². The van der Waals surface area contributed by atoms with Crippen LogP contribution in [0.25, 0.3) is 0 Å². The van der Waals surface area contributed by atoms with Gasteiger partial charge in [-0.2, -0.15) is 0 Å². The summed E-state index contributed by atoms with van der Waals surface area (Å²) in [7, 11) is -1.08. The Morgan fingerprint density at radius 2 is 1.85 bits per heavy atom. The number of hydrogen-bond donors (Lipinski definition) is 1. The van der Waals surface area contributed by atoms with Crippen LogP contribution in [0, 0.1) is 0 Å². The van der Waals surface area contributed by atoms with Crippen molar-refractivity contribution in [2.45, 2.75) is 26.2 Å². The standard InChI is InChI=1S/C13H18NO.H2O4S/c1-9-13(2,3)11-8-10(15-5)6-7-12(11)14(9)4;1-5(2,3)4/h6-8H,1-5H3;(H2,1,2,3,4)/q+1;/p-1. The number of rotatable bonds is 1. The molecule has 0 bridgehead atoms. The topological polar surface area (TPSA) is 89.7 Å². The van der Waals surface area contributed by atoms with Crippen molar-refractivity contribution in [3.63, 3.8) is 0 Å². The number of methoxy groups -OCH3 is 1. The number of nitrogens with zero attached hydrogens (tertiary/aromatic N) is 1. The molecule has 0 aliphatic carbocycles. The van der Waals surface area contributed by atoms with Crippen LogP contribution in [0.15, 0.2) is 18.2 Å². The van der Waals surface area contributed by atoms with Gasteiger partial charge >= 0.3 is 0 Å². The van der Waals surface area contributed by atoms with Gasteiger partial charge in [-0.1, -0.05) is 0 Å². The highest BCUT2D eigenvalue weighted by Crippen LogP contribution is 2.40. The molecule has 1 aliphatic rings. The molecule has 112 valence electrons. The van der Waals surface area contributed by atoms with Gasteiger partial charge in [0.1, 0.15) is 12.8 Å². The zero-order valence-corrected chi connectivity index (χ0v) is 13.0. The maximum Gasteiger partial charge on any atom is 0.215 e. The number of fused-ring (bicyclic) bond motifs is 1. The molecule has 1 N–H and O–H groups in total. The molecular formula is C13H19NO5S. The highest BCUT2D eigenvalue weighted by atomic mass is 32.3. The second-order valence-corrected chi connectivity index (χ2v) is 5.94. The van der Waals surface area contributed by atoms with E-state index in [1.807, 2.05) is 6.07 Å². The molecule has 1 aromatic rings. The van der Waals surface area contributed by atoms with E-state index in [2.05, 4.69) is 44.5 Å². The van der Waals surface area contributed by atoms with Gasteiger partial charge in [-0.3, -0.25) is 4.55 Å². The molecule has 1 aromatic carbocycles. The first-order valence-electron chi connectivity index (χ1n) is 5.93. The molecule has 0 radical (unpaired) electrons. The Labute approximate surface area is 119 Å². The Morgan fingerprint density at radius 1 is 1.35 bits per heavy atom. The van der Waals surface area contributed by atoms with Gasteiger partial charge in [0, 0.05) is 18.6 Å². The van der Waals surface area contributed by atoms with Crippen LogP contribution >= 0.6 is 0 Å². The molecule has 2 rings (SSSR count). The monoisotopic (exact) mass is 301 g/mol. The van der Waals surface area contributed by atoms with Gasteiger partial charge in [0.05, 0.1) is 12.5 Å². The van der Waals surface area contributed by atoms with Crippen LogP contribution in [0.4, 0.5) is 5.69 Å². The average Bonchev–Trinajstić information content (AvgIpc) is 2.49. The van der Waals surface area contributed by atoms with Crippen molar-refractivity contribution in [3.05, 3.63) is 23.8 Å². The maximum absolute atomic E-state index is 8.63. The Morgan fingerprint density at radius 3 is 2.30 bits per heavy atom. The first kappa shape index (κ1) is 16.6. The summed E-state index contributed by atoms with van der Waals surface area (Å²) in [5, 5.41) is 0. The van der Waals surface area contributed by atoms with Crippen LogP contribution < -0.4 is 4.74 Å². The second-order valence-electron chi connectivity index (χ2n) is 5.08. The fourth-order valence-electron chi connectivity index (χ4n) is 2.23.